The van der Waals surface area contributed by atoms with Crippen LogP contribution in [0, 0.1) is 0 Å². The van der Waals surface area contributed by atoms with Crippen LogP contribution in [0.5, 0.6) is 0 Å². The fraction of sp³-hybridized carbons (Fsp3) is 0.214. The van der Waals surface area contributed by atoms with Crippen LogP contribution in [0.3, 0.4) is 0 Å². The number of benzene rings is 1. The minimum atomic E-state index is -0.564. The van der Waals surface area contributed by atoms with Crippen molar-refractivity contribution in [1.29, 1.82) is 0 Å². The first-order valence-electron chi connectivity index (χ1n) is 5.77. The molecule has 0 atom stereocenters. The van der Waals surface area contributed by atoms with Crippen molar-refractivity contribution in [2.75, 3.05) is 6.26 Å². The molecule has 0 saturated heterocycles. The standard InChI is InChI=1S/C14H13FN2OS/c1-19-14-16-6-5-12(17-14)8-13(18)11-4-2-3-10(7-11)9-15/h2-7H,8-9H2,1H3. The van der Waals surface area contributed by atoms with Gasteiger partial charge in [-0.15, -0.1) is 0 Å². The number of halogens is 1. The summed E-state index contributed by atoms with van der Waals surface area (Å²) in [5, 5.41) is 0.641. The fourth-order valence-electron chi connectivity index (χ4n) is 1.67. The van der Waals surface area contributed by atoms with Crippen LogP contribution in [-0.4, -0.2) is 22.0 Å². The number of aromatic nitrogens is 2. The van der Waals surface area contributed by atoms with E-state index in [9.17, 15) is 9.18 Å². The molecule has 3 nitrogen and oxygen atoms in total. The molecule has 2 aromatic rings. The Morgan fingerprint density at radius 1 is 1.37 bits per heavy atom. The minimum absolute atomic E-state index is 0.0685. The van der Waals surface area contributed by atoms with Crippen LogP contribution in [0.15, 0.2) is 41.7 Å². The largest absolute Gasteiger partial charge is 0.294 e. The molecule has 1 heterocycles. The lowest BCUT2D eigenvalue weighted by molar-refractivity contribution is 0.0991. The number of hydrogen-bond donors (Lipinski definition) is 0. The van der Waals surface area contributed by atoms with Gasteiger partial charge in [-0.1, -0.05) is 30.0 Å². The molecule has 1 aromatic heterocycles. The lowest BCUT2D eigenvalue weighted by Crippen LogP contribution is -2.06. The minimum Gasteiger partial charge on any atom is -0.294 e. The summed E-state index contributed by atoms with van der Waals surface area (Å²) in [7, 11) is 0. The molecule has 1 aromatic carbocycles. The number of carbonyl (C=O) groups excluding carboxylic acids is 1. The molecule has 5 heteroatoms. The summed E-state index contributed by atoms with van der Waals surface area (Å²) < 4.78 is 12.6. The highest BCUT2D eigenvalue weighted by molar-refractivity contribution is 7.98. The molecule has 0 spiro atoms. The van der Waals surface area contributed by atoms with Gasteiger partial charge >= 0.3 is 0 Å². The summed E-state index contributed by atoms with van der Waals surface area (Å²) in [6.45, 7) is -0.564. The average molecular weight is 276 g/mol. The van der Waals surface area contributed by atoms with Gasteiger partial charge in [0.25, 0.3) is 0 Å². The normalized spacial score (nSPS) is 10.4. The lowest BCUT2D eigenvalue weighted by atomic mass is 10.0. The van der Waals surface area contributed by atoms with Crippen LogP contribution in [-0.2, 0) is 13.1 Å². The smallest absolute Gasteiger partial charge is 0.187 e. The zero-order chi connectivity index (χ0) is 13.7. The molecular weight excluding hydrogens is 263 g/mol. The predicted octanol–water partition coefficient (Wildman–Crippen LogP) is 3.09. The van der Waals surface area contributed by atoms with Gasteiger partial charge in [-0.25, -0.2) is 14.4 Å². The molecule has 0 aliphatic heterocycles. The molecular formula is C14H13FN2OS. The second-order valence-electron chi connectivity index (χ2n) is 3.97. The molecule has 0 saturated carbocycles. The van der Waals surface area contributed by atoms with Crippen molar-refractivity contribution < 1.29 is 9.18 Å². The number of Topliss-reactive ketones (excluding diaryl/α,β-unsaturated/α-hetero) is 1. The second kappa shape index (κ2) is 6.43. The lowest BCUT2D eigenvalue weighted by Gasteiger charge is -2.03. The van der Waals surface area contributed by atoms with E-state index in [1.54, 1.807) is 36.5 Å². The predicted molar refractivity (Wildman–Crippen MR) is 73.1 cm³/mol. The van der Waals surface area contributed by atoms with Crippen molar-refractivity contribution >= 4 is 17.5 Å². The summed E-state index contributed by atoms with van der Waals surface area (Å²) in [6.07, 6.45) is 3.72. The number of hydrogen-bond acceptors (Lipinski definition) is 4. The van der Waals surface area contributed by atoms with Crippen molar-refractivity contribution in [2.24, 2.45) is 0 Å². The maximum Gasteiger partial charge on any atom is 0.187 e. The third-order valence-corrected chi connectivity index (χ3v) is 3.18. The van der Waals surface area contributed by atoms with Gasteiger partial charge in [0.15, 0.2) is 10.9 Å². The van der Waals surface area contributed by atoms with Gasteiger partial charge in [0.1, 0.15) is 6.67 Å². The van der Waals surface area contributed by atoms with Gasteiger partial charge in [0, 0.05) is 11.8 Å². The summed E-state index contributed by atoms with van der Waals surface area (Å²) in [5.74, 6) is -0.0685. The van der Waals surface area contributed by atoms with E-state index in [1.165, 1.54) is 11.8 Å². The number of rotatable bonds is 5. The van der Waals surface area contributed by atoms with Crippen molar-refractivity contribution in [3.8, 4) is 0 Å². The Morgan fingerprint density at radius 2 is 2.21 bits per heavy atom. The number of carbonyl (C=O) groups is 1. The molecule has 0 bridgehead atoms. The van der Waals surface area contributed by atoms with Gasteiger partial charge in [-0.3, -0.25) is 4.79 Å². The van der Waals surface area contributed by atoms with Gasteiger partial charge < -0.3 is 0 Å². The molecule has 0 aliphatic rings. The second-order valence-corrected chi connectivity index (χ2v) is 4.74. The maximum absolute atomic E-state index is 12.6. The fourth-order valence-corrected chi connectivity index (χ4v) is 2.04. The maximum atomic E-state index is 12.6. The first kappa shape index (κ1) is 13.7. The number of nitrogens with zero attached hydrogens (tertiary/aromatic N) is 2. The van der Waals surface area contributed by atoms with E-state index in [2.05, 4.69) is 9.97 Å². The van der Waals surface area contributed by atoms with Gasteiger partial charge in [0.05, 0.1) is 12.1 Å². The van der Waals surface area contributed by atoms with Crippen molar-refractivity contribution in [2.45, 2.75) is 18.3 Å². The van der Waals surface area contributed by atoms with E-state index in [4.69, 9.17) is 0 Å². The quantitative estimate of drug-likeness (QED) is 0.478. The highest BCUT2D eigenvalue weighted by Gasteiger charge is 2.09. The number of thioether (sulfide) groups is 1. The Labute approximate surface area is 115 Å². The third-order valence-electron chi connectivity index (χ3n) is 2.62. The first-order valence-corrected chi connectivity index (χ1v) is 6.99. The topological polar surface area (TPSA) is 42.9 Å². The van der Waals surface area contributed by atoms with Crippen molar-refractivity contribution in [3.63, 3.8) is 0 Å². The van der Waals surface area contributed by atoms with E-state index < -0.39 is 6.67 Å². The van der Waals surface area contributed by atoms with Crippen LogP contribution < -0.4 is 0 Å². The number of ketones is 1. The average Bonchev–Trinajstić information content (AvgIpc) is 2.47. The molecule has 0 aliphatic carbocycles. The summed E-state index contributed by atoms with van der Waals surface area (Å²) in [4.78, 5) is 20.4. The van der Waals surface area contributed by atoms with Crippen LogP contribution in [0.4, 0.5) is 4.39 Å². The van der Waals surface area contributed by atoms with Gasteiger partial charge in [-0.05, 0) is 24.0 Å². The molecule has 2 rings (SSSR count). The zero-order valence-electron chi connectivity index (χ0n) is 10.5. The SMILES string of the molecule is CSc1nccc(CC(=O)c2cccc(CF)c2)n1. The Balaban J connectivity index is 2.15. The van der Waals surface area contributed by atoms with E-state index >= 15 is 0 Å². The molecule has 0 N–H and O–H groups in total. The zero-order valence-corrected chi connectivity index (χ0v) is 11.3. The van der Waals surface area contributed by atoms with Gasteiger partial charge in [0.2, 0.25) is 0 Å². The Hall–Kier alpha value is -1.75. The first-order chi connectivity index (χ1) is 9.22. The molecule has 0 fully saturated rings. The van der Waals surface area contributed by atoms with E-state index in [-0.39, 0.29) is 12.2 Å². The summed E-state index contributed by atoms with van der Waals surface area (Å²) in [6, 6.07) is 8.34. The van der Waals surface area contributed by atoms with E-state index in [1.807, 2.05) is 6.26 Å². The van der Waals surface area contributed by atoms with Crippen LogP contribution >= 0.6 is 11.8 Å². The van der Waals surface area contributed by atoms with Gasteiger partial charge in [-0.2, -0.15) is 0 Å². The van der Waals surface area contributed by atoms with Crippen molar-refractivity contribution in [3.05, 3.63) is 53.3 Å². The summed E-state index contributed by atoms with van der Waals surface area (Å²) in [5.41, 5.74) is 1.70. The Kier molecular flexibility index (Phi) is 4.63. The van der Waals surface area contributed by atoms with E-state index in [0.29, 0.717) is 22.0 Å². The molecule has 0 amide bonds. The highest BCUT2D eigenvalue weighted by atomic mass is 32.2. The van der Waals surface area contributed by atoms with E-state index in [0.717, 1.165) is 0 Å². The molecule has 98 valence electrons. The Bertz CT molecular complexity index is 589. The third kappa shape index (κ3) is 3.61. The molecule has 0 radical (unpaired) electrons. The number of alkyl halides is 1. The molecule has 19 heavy (non-hydrogen) atoms. The van der Waals surface area contributed by atoms with Crippen LogP contribution in [0.1, 0.15) is 21.6 Å². The van der Waals surface area contributed by atoms with Crippen molar-refractivity contribution in [1.82, 2.24) is 9.97 Å². The monoisotopic (exact) mass is 276 g/mol. The van der Waals surface area contributed by atoms with Crippen LogP contribution in [0.25, 0.3) is 0 Å². The molecule has 0 unspecified atom stereocenters. The highest BCUT2D eigenvalue weighted by Crippen LogP contribution is 2.12. The summed E-state index contributed by atoms with van der Waals surface area (Å²) >= 11 is 1.43. The van der Waals surface area contributed by atoms with Crippen LogP contribution in [0.2, 0.25) is 0 Å². The Morgan fingerprint density at radius 3 is 2.95 bits per heavy atom.